The topological polar surface area (TPSA) is 88.6 Å². The van der Waals surface area contributed by atoms with E-state index in [4.69, 9.17) is 10.00 Å². The summed E-state index contributed by atoms with van der Waals surface area (Å²) in [5.41, 5.74) is 1.45. The fourth-order valence-electron chi connectivity index (χ4n) is 2.83. The Labute approximate surface area is 135 Å². The van der Waals surface area contributed by atoms with Gasteiger partial charge in [-0.1, -0.05) is 0 Å². The molecule has 0 aromatic carbocycles. The molecule has 120 valence electrons. The van der Waals surface area contributed by atoms with Crippen LogP contribution in [0.4, 0.5) is 5.82 Å². The second-order valence-electron chi connectivity index (χ2n) is 5.60. The first kappa shape index (κ1) is 15.4. The Balaban J connectivity index is 1.65. The molecule has 1 fully saturated rings. The molecule has 0 spiro atoms. The van der Waals surface area contributed by atoms with Gasteiger partial charge in [0.15, 0.2) is 5.69 Å². The lowest BCUT2D eigenvalue weighted by Crippen LogP contribution is -2.28. The van der Waals surface area contributed by atoms with Crippen LogP contribution in [-0.4, -0.2) is 32.9 Å². The average Bonchev–Trinajstić information content (AvgIpc) is 3.09. The van der Waals surface area contributed by atoms with E-state index >= 15 is 0 Å². The second-order valence-corrected chi connectivity index (χ2v) is 5.60. The highest BCUT2D eigenvalue weighted by Crippen LogP contribution is 2.33. The van der Waals surface area contributed by atoms with Crippen LogP contribution in [0, 0.1) is 17.2 Å². The number of anilines is 1. The molecule has 7 heteroatoms. The van der Waals surface area contributed by atoms with Crippen LogP contribution >= 0.6 is 0 Å². The predicted octanol–water partition coefficient (Wildman–Crippen LogP) is 2.14. The number of nitriles is 1. The highest BCUT2D eigenvalue weighted by atomic mass is 16.5. The van der Waals surface area contributed by atoms with Gasteiger partial charge >= 0.3 is 0 Å². The molecule has 1 aliphatic heterocycles. The molecular weight excluding hydrogens is 292 g/mol. The summed E-state index contributed by atoms with van der Waals surface area (Å²) in [5.74, 6) is 1.04. The lowest BCUT2D eigenvalue weighted by molar-refractivity contribution is -0.0239. The standard InChI is InChI=1S/C16H20N6O/c1-2-22-11-13(8-21-22)16-12(4-3-5-23-16)7-19-15-10-18-14(6-17)9-20-15/h8-12,16H,2-5,7H2,1H3,(H,19,20)/t12-,16+/m0/s1. The third-order valence-electron chi connectivity index (χ3n) is 4.06. The Morgan fingerprint density at radius 2 is 2.30 bits per heavy atom. The lowest BCUT2D eigenvalue weighted by atomic mass is 9.91. The van der Waals surface area contributed by atoms with E-state index in [-0.39, 0.29) is 6.10 Å². The summed E-state index contributed by atoms with van der Waals surface area (Å²) in [4.78, 5) is 8.22. The zero-order valence-electron chi connectivity index (χ0n) is 13.1. The van der Waals surface area contributed by atoms with Crippen LogP contribution in [0.2, 0.25) is 0 Å². The van der Waals surface area contributed by atoms with Gasteiger partial charge in [-0.25, -0.2) is 9.97 Å². The van der Waals surface area contributed by atoms with E-state index in [2.05, 4.69) is 33.5 Å². The van der Waals surface area contributed by atoms with Crippen LogP contribution < -0.4 is 5.32 Å². The van der Waals surface area contributed by atoms with E-state index < -0.39 is 0 Å². The largest absolute Gasteiger partial charge is 0.373 e. The molecule has 0 unspecified atom stereocenters. The number of hydrogen-bond acceptors (Lipinski definition) is 6. The number of aromatic nitrogens is 4. The van der Waals surface area contributed by atoms with Crippen LogP contribution in [0.1, 0.15) is 37.1 Å². The third-order valence-corrected chi connectivity index (χ3v) is 4.06. The van der Waals surface area contributed by atoms with Crippen molar-refractivity contribution in [3.05, 3.63) is 36.0 Å². The summed E-state index contributed by atoms with van der Waals surface area (Å²) in [6.45, 7) is 4.47. The van der Waals surface area contributed by atoms with Crippen LogP contribution in [0.15, 0.2) is 24.8 Å². The zero-order valence-corrected chi connectivity index (χ0v) is 13.1. The number of hydrogen-bond donors (Lipinski definition) is 1. The monoisotopic (exact) mass is 312 g/mol. The predicted molar refractivity (Wildman–Crippen MR) is 84.6 cm³/mol. The fourth-order valence-corrected chi connectivity index (χ4v) is 2.83. The minimum atomic E-state index is 0.0582. The smallest absolute Gasteiger partial charge is 0.158 e. The SMILES string of the molecule is CCn1cc([C@@H]2OCCC[C@H]2CNc2cnc(C#N)cn2)cn1. The molecule has 2 atom stereocenters. The molecular formula is C16H20N6O. The van der Waals surface area contributed by atoms with Crippen molar-refractivity contribution < 1.29 is 4.74 Å². The number of aryl methyl sites for hydroxylation is 1. The molecule has 3 heterocycles. The van der Waals surface area contributed by atoms with Crippen LogP contribution in [-0.2, 0) is 11.3 Å². The maximum atomic E-state index is 8.75. The number of ether oxygens (including phenoxy) is 1. The van der Waals surface area contributed by atoms with Crippen molar-refractivity contribution in [1.82, 2.24) is 19.7 Å². The van der Waals surface area contributed by atoms with Crippen molar-refractivity contribution in [2.24, 2.45) is 5.92 Å². The van der Waals surface area contributed by atoms with E-state index in [9.17, 15) is 0 Å². The summed E-state index contributed by atoms with van der Waals surface area (Å²) in [5, 5.41) is 16.4. The maximum Gasteiger partial charge on any atom is 0.158 e. The highest BCUT2D eigenvalue weighted by molar-refractivity contribution is 5.33. The molecule has 1 N–H and O–H groups in total. The van der Waals surface area contributed by atoms with Gasteiger partial charge in [-0.15, -0.1) is 0 Å². The molecule has 2 aromatic rings. The molecule has 0 bridgehead atoms. The first-order valence-electron chi connectivity index (χ1n) is 7.90. The summed E-state index contributed by atoms with van der Waals surface area (Å²) in [6, 6.07) is 1.97. The van der Waals surface area contributed by atoms with Gasteiger partial charge < -0.3 is 10.1 Å². The van der Waals surface area contributed by atoms with Crippen molar-refractivity contribution in [2.45, 2.75) is 32.4 Å². The Bertz CT molecular complexity index is 675. The van der Waals surface area contributed by atoms with Gasteiger partial charge in [0, 0.05) is 37.4 Å². The third kappa shape index (κ3) is 3.66. The van der Waals surface area contributed by atoms with Crippen molar-refractivity contribution in [3.8, 4) is 6.07 Å². The highest BCUT2D eigenvalue weighted by Gasteiger charge is 2.28. The first-order valence-corrected chi connectivity index (χ1v) is 7.90. The molecule has 1 saturated heterocycles. The van der Waals surface area contributed by atoms with Gasteiger partial charge in [0.25, 0.3) is 0 Å². The van der Waals surface area contributed by atoms with Crippen LogP contribution in [0.5, 0.6) is 0 Å². The van der Waals surface area contributed by atoms with Crippen molar-refractivity contribution in [2.75, 3.05) is 18.5 Å². The summed E-state index contributed by atoms with van der Waals surface area (Å²) < 4.78 is 7.91. The van der Waals surface area contributed by atoms with Gasteiger partial charge in [-0.3, -0.25) is 4.68 Å². The van der Waals surface area contributed by atoms with E-state index in [0.717, 1.165) is 38.1 Å². The molecule has 23 heavy (non-hydrogen) atoms. The normalized spacial score (nSPS) is 20.9. The Kier molecular flexibility index (Phi) is 4.83. The fraction of sp³-hybridized carbons (Fsp3) is 0.500. The summed E-state index contributed by atoms with van der Waals surface area (Å²) in [6.07, 6.45) is 9.23. The van der Waals surface area contributed by atoms with Gasteiger partial charge in [0.05, 0.1) is 24.7 Å². The number of nitrogens with one attached hydrogen (secondary N) is 1. The summed E-state index contributed by atoms with van der Waals surface area (Å²) in [7, 11) is 0. The maximum absolute atomic E-state index is 8.75. The van der Waals surface area contributed by atoms with Crippen molar-refractivity contribution in [3.63, 3.8) is 0 Å². The lowest BCUT2D eigenvalue weighted by Gasteiger charge is -2.31. The van der Waals surface area contributed by atoms with Crippen LogP contribution in [0.25, 0.3) is 0 Å². The van der Waals surface area contributed by atoms with Crippen molar-refractivity contribution >= 4 is 5.82 Å². The molecule has 3 rings (SSSR count). The van der Waals surface area contributed by atoms with Gasteiger partial charge in [-0.05, 0) is 19.8 Å². The van der Waals surface area contributed by atoms with Crippen LogP contribution in [0.3, 0.4) is 0 Å². The Morgan fingerprint density at radius 1 is 1.39 bits per heavy atom. The van der Waals surface area contributed by atoms with E-state index in [1.165, 1.54) is 6.20 Å². The van der Waals surface area contributed by atoms with E-state index in [1.54, 1.807) is 6.20 Å². The summed E-state index contributed by atoms with van der Waals surface area (Å²) >= 11 is 0. The van der Waals surface area contributed by atoms with E-state index in [1.807, 2.05) is 16.9 Å². The molecule has 2 aromatic heterocycles. The average molecular weight is 312 g/mol. The minimum absolute atomic E-state index is 0.0582. The van der Waals surface area contributed by atoms with Gasteiger partial charge in [0.2, 0.25) is 0 Å². The molecule has 7 nitrogen and oxygen atoms in total. The molecule has 0 saturated carbocycles. The Morgan fingerprint density at radius 3 is 3.00 bits per heavy atom. The van der Waals surface area contributed by atoms with Gasteiger partial charge in [-0.2, -0.15) is 10.4 Å². The first-order chi connectivity index (χ1) is 11.3. The zero-order chi connectivity index (χ0) is 16.1. The molecule has 0 aliphatic carbocycles. The Hall–Kier alpha value is -2.46. The number of nitrogens with zero attached hydrogens (tertiary/aromatic N) is 5. The molecule has 1 aliphatic rings. The van der Waals surface area contributed by atoms with Crippen molar-refractivity contribution in [1.29, 1.82) is 5.26 Å². The van der Waals surface area contributed by atoms with E-state index in [0.29, 0.717) is 17.4 Å². The quantitative estimate of drug-likeness (QED) is 0.910. The second kappa shape index (κ2) is 7.20. The minimum Gasteiger partial charge on any atom is -0.373 e. The number of rotatable bonds is 5. The molecule has 0 amide bonds. The van der Waals surface area contributed by atoms with Gasteiger partial charge in [0.1, 0.15) is 11.9 Å². The molecule has 0 radical (unpaired) electrons.